The van der Waals surface area contributed by atoms with E-state index in [1.807, 2.05) is 20.8 Å². The number of anilines is 1. The standard InChI is InChI=1S/C26H29BrN6O4.C2HF3O2/c1-4-36-21-14-17(10-13-20(21)37-15(2)3)23(30-18-11-8-16(9-12-18)24(28)29)26(35)33-32-25(34)19-6-5-7-22(27)31-19;3-2(4,5)1(6)7/h5-15,23,30H,4H2,1-3H3,(H3,28,29)(H,32,34)(H,33,35);(H,6,7). The summed E-state index contributed by atoms with van der Waals surface area (Å²) in [4.78, 5) is 38.8. The molecule has 0 aliphatic heterocycles. The molecule has 1 atom stereocenters. The van der Waals surface area contributed by atoms with Crippen LogP contribution in [0, 0.1) is 5.41 Å². The summed E-state index contributed by atoms with van der Waals surface area (Å²) >= 11 is 3.22. The summed E-state index contributed by atoms with van der Waals surface area (Å²) in [5.41, 5.74) is 12.3. The Morgan fingerprint density at radius 1 is 1.05 bits per heavy atom. The van der Waals surface area contributed by atoms with Gasteiger partial charge >= 0.3 is 12.1 Å². The molecule has 0 radical (unpaired) electrons. The number of amides is 2. The third-order valence-electron chi connectivity index (χ3n) is 5.22. The number of aliphatic carboxylic acids is 1. The van der Waals surface area contributed by atoms with Crippen LogP contribution >= 0.6 is 15.9 Å². The van der Waals surface area contributed by atoms with Crippen molar-refractivity contribution < 1.29 is 42.1 Å². The quantitative estimate of drug-likeness (QED) is 0.0771. The second kappa shape index (κ2) is 16.1. The van der Waals surface area contributed by atoms with Gasteiger partial charge in [0.2, 0.25) is 0 Å². The molecule has 2 amide bonds. The maximum atomic E-state index is 13.3. The van der Waals surface area contributed by atoms with E-state index in [1.54, 1.807) is 54.6 Å². The second-order valence-corrected chi connectivity index (χ2v) is 9.78. The third-order valence-corrected chi connectivity index (χ3v) is 5.66. The number of hydrogen-bond acceptors (Lipinski definition) is 8. The van der Waals surface area contributed by atoms with Crippen LogP contribution in [0.5, 0.6) is 11.5 Å². The number of hydrogen-bond donors (Lipinski definition) is 6. The molecule has 1 unspecified atom stereocenters. The van der Waals surface area contributed by atoms with E-state index in [4.69, 9.17) is 30.5 Å². The third kappa shape index (κ3) is 11.1. The SMILES string of the molecule is CCOc1cc(C(Nc2ccc(C(=N)N)cc2)C(=O)NNC(=O)c2cccc(Br)n2)ccc1OC(C)C.O=C(O)C(F)(F)F. The number of rotatable bonds is 10. The lowest BCUT2D eigenvalue weighted by atomic mass is 10.0. The highest BCUT2D eigenvalue weighted by molar-refractivity contribution is 9.10. The van der Waals surface area contributed by atoms with Crippen LogP contribution in [0.15, 0.2) is 65.3 Å². The van der Waals surface area contributed by atoms with Crippen molar-refractivity contribution in [1.29, 1.82) is 5.41 Å². The van der Waals surface area contributed by atoms with E-state index in [0.29, 0.717) is 39.5 Å². The fraction of sp³-hybridized carbons (Fsp3) is 0.250. The smallest absolute Gasteiger partial charge is 0.490 e. The van der Waals surface area contributed by atoms with Crippen molar-refractivity contribution in [2.75, 3.05) is 11.9 Å². The largest absolute Gasteiger partial charge is 0.490 e. The summed E-state index contributed by atoms with van der Waals surface area (Å²) in [7, 11) is 0. The lowest BCUT2D eigenvalue weighted by Crippen LogP contribution is -2.45. The predicted molar refractivity (Wildman–Crippen MR) is 158 cm³/mol. The van der Waals surface area contributed by atoms with Crippen molar-refractivity contribution in [2.45, 2.75) is 39.1 Å². The van der Waals surface area contributed by atoms with E-state index < -0.39 is 30.0 Å². The molecule has 1 aromatic heterocycles. The van der Waals surface area contributed by atoms with Crippen LogP contribution in [0.4, 0.5) is 18.9 Å². The number of ether oxygens (including phenoxy) is 2. The molecule has 0 aliphatic rings. The molecule has 44 heavy (non-hydrogen) atoms. The van der Waals surface area contributed by atoms with Crippen molar-refractivity contribution in [3.63, 3.8) is 0 Å². The highest BCUT2D eigenvalue weighted by atomic mass is 79.9. The first-order valence-electron chi connectivity index (χ1n) is 12.8. The fourth-order valence-corrected chi connectivity index (χ4v) is 3.67. The number of nitrogen functional groups attached to an aromatic ring is 1. The molecular weight excluding hydrogens is 653 g/mol. The van der Waals surface area contributed by atoms with Gasteiger partial charge in [0.1, 0.15) is 22.2 Å². The lowest BCUT2D eigenvalue weighted by molar-refractivity contribution is -0.192. The van der Waals surface area contributed by atoms with Crippen LogP contribution in [0.1, 0.15) is 48.4 Å². The molecule has 12 nitrogen and oxygen atoms in total. The summed E-state index contributed by atoms with van der Waals surface area (Å²) in [5, 5.41) is 17.9. The highest BCUT2D eigenvalue weighted by Gasteiger charge is 2.38. The normalized spacial score (nSPS) is 11.4. The second-order valence-electron chi connectivity index (χ2n) is 8.97. The zero-order chi connectivity index (χ0) is 33.0. The van der Waals surface area contributed by atoms with Crippen molar-refractivity contribution in [2.24, 2.45) is 5.73 Å². The summed E-state index contributed by atoms with van der Waals surface area (Å²) in [6.07, 6.45) is -5.15. The summed E-state index contributed by atoms with van der Waals surface area (Å²) < 4.78 is 43.8. The van der Waals surface area contributed by atoms with Crippen molar-refractivity contribution in [1.82, 2.24) is 15.8 Å². The summed E-state index contributed by atoms with van der Waals surface area (Å²) in [5.74, 6) is -2.88. The van der Waals surface area contributed by atoms with Crippen LogP contribution in [0.25, 0.3) is 0 Å². The van der Waals surface area contributed by atoms with Crippen molar-refractivity contribution in [3.8, 4) is 11.5 Å². The number of benzene rings is 2. The van der Waals surface area contributed by atoms with Crippen LogP contribution in [0.3, 0.4) is 0 Å². The Morgan fingerprint density at radius 3 is 2.20 bits per heavy atom. The van der Waals surface area contributed by atoms with E-state index >= 15 is 0 Å². The molecule has 0 saturated carbocycles. The zero-order valence-electron chi connectivity index (χ0n) is 23.7. The molecule has 3 rings (SSSR count). The van der Waals surface area contributed by atoms with E-state index in [1.165, 1.54) is 6.07 Å². The molecule has 16 heteroatoms. The number of alkyl halides is 3. The number of nitrogens with zero attached hydrogens (tertiary/aromatic N) is 1. The van der Waals surface area contributed by atoms with Crippen LogP contribution in [-0.4, -0.2) is 52.6 Å². The Balaban J connectivity index is 0.000000860. The topological polar surface area (TPSA) is 189 Å². The number of halogens is 4. The van der Waals surface area contributed by atoms with Crippen molar-refractivity contribution >= 4 is 45.2 Å². The number of pyridine rings is 1. The van der Waals surface area contributed by atoms with E-state index in [0.717, 1.165) is 0 Å². The van der Waals surface area contributed by atoms with Gasteiger partial charge in [0.25, 0.3) is 11.8 Å². The fourth-order valence-electron chi connectivity index (χ4n) is 3.33. The highest BCUT2D eigenvalue weighted by Crippen LogP contribution is 2.33. The number of carbonyl (C=O) groups excluding carboxylic acids is 2. The monoisotopic (exact) mass is 682 g/mol. The predicted octanol–water partition coefficient (Wildman–Crippen LogP) is 4.56. The molecule has 1 heterocycles. The molecule has 7 N–H and O–H groups in total. The van der Waals surface area contributed by atoms with Gasteiger partial charge in [-0.15, -0.1) is 0 Å². The van der Waals surface area contributed by atoms with E-state index in [-0.39, 0.29) is 17.6 Å². The van der Waals surface area contributed by atoms with Crippen LogP contribution in [0.2, 0.25) is 0 Å². The minimum atomic E-state index is -5.08. The van der Waals surface area contributed by atoms with Gasteiger partial charge in [-0.3, -0.25) is 25.8 Å². The maximum Gasteiger partial charge on any atom is 0.490 e. The molecule has 236 valence electrons. The molecule has 0 saturated heterocycles. The van der Waals surface area contributed by atoms with E-state index in [9.17, 15) is 22.8 Å². The first-order chi connectivity index (χ1) is 20.6. The number of nitrogens with one attached hydrogen (secondary N) is 4. The Kier molecular flexibility index (Phi) is 12.9. The average molecular weight is 683 g/mol. The summed E-state index contributed by atoms with van der Waals surface area (Å²) in [6, 6.07) is 15.9. The molecular formula is C28H30BrF3N6O6. The van der Waals surface area contributed by atoms with Gasteiger partial charge in [0, 0.05) is 11.3 Å². The molecule has 0 spiro atoms. The first-order valence-corrected chi connectivity index (χ1v) is 13.6. The van der Waals surface area contributed by atoms with Gasteiger partial charge in [-0.2, -0.15) is 13.2 Å². The molecule has 0 bridgehead atoms. The molecule has 2 aromatic carbocycles. The number of carboxylic acids is 1. The first kappa shape index (κ1) is 35.3. The molecule has 3 aromatic rings. The Bertz CT molecular complexity index is 1470. The van der Waals surface area contributed by atoms with Crippen LogP contribution in [-0.2, 0) is 9.59 Å². The number of nitrogens with two attached hydrogens (primary N) is 1. The minimum absolute atomic E-state index is 0.0631. The number of hydrazine groups is 1. The Labute approximate surface area is 258 Å². The zero-order valence-corrected chi connectivity index (χ0v) is 25.2. The number of aromatic nitrogens is 1. The average Bonchev–Trinajstić information content (AvgIpc) is 2.95. The number of carboxylic acid groups (broad SMARTS) is 1. The van der Waals surface area contributed by atoms with Gasteiger partial charge in [0.05, 0.1) is 12.7 Å². The van der Waals surface area contributed by atoms with E-state index in [2.05, 4.69) is 37.1 Å². The van der Waals surface area contributed by atoms with Gasteiger partial charge in [-0.05, 0) is 90.8 Å². The lowest BCUT2D eigenvalue weighted by Gasteiger charge is -2.22. The van der Waals surface area contributed by atoms with Crippen molar-refractivity contribution in [3.05, 3.63) is 82.1 Å². The van der Waals surface area contributed by atoms with Gasteiger partial charge < -0.3 is 25.6 Å². The maximum absolute atomic E-state index is 13.3. The van der Waals surface area contributed by atoms with Gasteiger partial charge in [0.15, 0.2) is 11.5 Å². The Hall–Kier alpha value is -4.86. The number of amidine groups is 1. The Morgan fingerprint density at radius 2 is 1.68 bits per heavy atom. The van der Waals surface area contributed by atoms with Gasteiger partial charge in [-0.25, -0.2) is 9.78 Å². The minimum Gasteiger partial charge on any atom is -0.490 e. The number of carbonyl (C=O) groups is 3. The molecule has 0 fully saturated rings. The van der Waals surface area contributed by atoms with Crippen LogP contribution < -0.4 is 31.4 Å². The van der Waals surface area contributed by atoms with Gasteiger partial charge in [-0.1, -0.05) is 12.1 Å². The molecule has 0 aliphatic carbocycles. The summed E-state index contributed by atoms with van der Waals surface area (Å²) in [6.45, 7) is 6.09.